The number of furan rings is 1. The third kappa shape index (κ3) is 4.87. The van der Waals surface area contributed by atoms with Gasteiger partial charge in [0.05, 0.1) is 5.02 Å². The Hall–Kier alpha value is -3.75. The Kier molecular flexibility index (Phi) is 6.39. The van der Waals surface area contributed by atoms with Gasteiger partial charge in [-0.2, -0.15) is 9.50 Å². The van der Waals surface area contributed by atoms with Crippen LogP contribution in [-0.2, 0) is 4.79 Å². The van der Waals surface area contributed by atoms with Crippen molar-refractivity contribution >= 4 is 39.9 Å². The number of aromatic nitrogens is 3. The largest absolute Gasteiger partial charge is 0.481 e. The van der Waals surface area contributed by atoms with Crippen molar-refractivity contribution in [2.45, 2.75) is 13.8 Å². The molecule has 0 radical (unpaired) electrons. The van der Waals surface area contributed by atoms with Crippen LogP contribution in [0.5, 0.6) is 0 Å². The van der Waals surface area contributed by atoms with Crippen LogP contribution in [-0.4, -0.2) is 25.7 Å². The van der Waals surface area contributed by atoms with E-state index in [0.29, 0.717) is 31.9 Å². The lowest BCUT2D eigenvalue weighted by atomic mass is 10.1. The summed E-state index contributed by atoms with van der Waals surface area (Å²) >= 11 is 7.51. The first-order chi connectivity index (χ1) is 15.8. The average molecular weight is 480 g/mol. The fraction of sp³-hybridized carbons (Fsp3) is 0.0833. The molecule has 2 aromatic carbocycles. The van der Waals surface area contributed by atoms with E-state index in [2.05, 4.69) is 10.1 Å². The predicted octanol–water partition coefficient (Wildman–Crippen LogP) is 4.68. The zero-order chi connectivity index (χ0) is 23.5. The van der Waals surface area contributed by atoms with Gasteiger partial charge in [0.15, 0.2) is 5.82 Å². The Balaban J connectivity index is 0.000000601. The van der Waals surface area contributed by atoms with Gasteiger partial charge in [-0.25, -0.2) is 0 Å². The summed E-state index contributed by atoms with van der Waals surface area (Å²) in [6.07, 6.45) is 1.71. The Morgan fingerprint density at radius 1 is 1.09 bits per heavy atom. The average Bonchev–Trinajstić information content (AvgIpc) is 3.46. The van der Waals surface area contributed by atoms with Crippen LogP contribution in [0.2, 0.25) is 5.02 Å². The maximum atomic E-state index is 12.8. The van der Waals surface area contributed by atoms with E-state index in [1.165, 1.54) is 15.9 Å². The third-order valence-electron chi connectivity index (χ3n) is 4.61. The number of carbonyl (C=O) groups is 1. The molecular weight excluding hydrogens is 462 g/mol. The van der Waals surface area contributed by atoms with Crippen molar-refractivity contribution in [2.24, 2.45) is 0 Å². The molecule has 9 heteroatoms. The highest BCUT2D eigenvalue weighted by atomic mass is 35.5. The smallest absolute Gasteiger partial charge is 0.300 e. The minimum Gasteiger partial charge on any atom is -0.481 e. The van der Waals surface area contributed by atoms with E-state index in [4.69, 9.17) is 25.9 Å². The second-order valence-electron chi connectivity index (χ2n) is 7.06. The van der Waals surface area contributed by atoms with E-state index in [1.54, 1.807) is 6.08 Å². The second-order valence-corrected chi connectivity index (χ2v) is 8.48. The molecule has 0 bridgehead atoms. The summed E-state index contributed by atoms with van der Waals surface area (Å²) in [5, 5.41) is 12.4. The lowest BCUT2D eigenvalue weighted by Crippen LogP contribution is -2.23. The van der Waals surface area contributed by atoms with Gasteiger partial charge in [0, 0.05) is 24.1 Å². The molecule has 0 amide bonds. The molecule has 1 N–H and O–H groups in total. The first-order valence-corrected chi connectivity index (χ1v) is 11.0. The molecule has 0 fully saturated rings. The van der Waals surface area contributed by atoms with Gasteiger partial charge in [-0.3, -0.25) is 9.59 Å². The zero-order valence-corrected chi connectivity index (χ0v) is 19.2. The fourth-order valence-corrected chi connectivity index (χ4v) is 4.25. The van der Waals surface area contributed by atoms with Crippen LogP contribution >= 0.6 is 22.9 Å². The Morgan fingerprint density at radius 3 is 2.42 bits per heavy atom. The Labute approximate surface area is 197 Å². The van der Waals surface area contributed by atoms with Gasteiger partial charge in [-0.05, 0) is 36.8 Å². The van der Waals surface area contributed by atoms with Gasteiger partial charge in [-0.15, -0.1) is 5.10 Å². The Morgan fingerprint density at radius 2 is 1.76 bits per heavy atom. The molecule has 0 aliphatic rings. The molecule has 3 heterocycles. The summed E-state index contributed by atoms with van der Waals surface area (Å²) in [6, 6.07) is 19.0. The van der Waals surface area contributed by atoms with Crippen molar-refractivity contribution in [3.63, 3.8) is 0 Å². The van der Waals surface area contributed by atoms with Crippen molar-refractivity contribution in [1.82, 2.24) is 14.6 Å². The summed E-state index contributed by atoms with van der Waals surface area (Å²) in [5.74, 6) is 0.938. The van der Waals surface area contributed by atoms with E-state index in [-0.39, 0.29) is 5.56 Å². The molecule has 5 aromatic rings. The second kappa shape index (κ2) is 9.40. The van der Waals surface area contributed by atoms with Gasteiger partial charge >= 0.3 is 0 Å². The molecule has 0 unspecified atom stereocenters. The topological polar surface area (TPSA) is 97.7 Å². The van der Waals surface area contributed by atoms with Gasteiger partial charge in [0.1, 0.15) is 16.1 Å². The molecule has 7 nitrogen and oxygen atoms in total. The van der Waals surface area contributed by atoms with Crippen LogP contribution in [0.25, 0.3) is 33.7 Å². The predicted molar refractivity (Wildman–Crippen MR) is 129 cm³/mol. The molecule has 0 saturated heterocycles. The van der Waals surface area contributed by atoms with Crippen LogP contribution in [0.4, 0.5) is 0 Å². The van der Waals surface area contributed by atoms with E-state index < -0.39 is 5.97 Å². The third-order valence-corrected chi connectivity index (χ3v) is 5.90. The summed E-state index contributed by atoms with van der Waals surface area (Å²) in [6.45, 7) is 3.08. The van der Waals surface area contributed by atoms with E-state index >= 15 is 0 Å². The molecular formula is C24H18ClN3O4S. The van der Waals surface area contributed by atoms with Crippen LogP contribution in [0.3, 0.4) is 0 Å². The van der Waals surface area contributed by atoms with Crippen molar-refractivity contribution in [1.29, 1.82) is 0 Å². The zero-order valence-electron chi connectivity index (χ0n) is 17.7. The highest BCUT2D eigenvalue weighted by molar-refractivity contribution is 7.15. The van der Waals surface area contributed by atoms with E-state index in [9.17, 15) is 4.79 Å². The summed E-state index contributed by atoms with van der Waals surface area (Å²) in [5.41, 5.74) is 2.58. The standard InChI is InChI=1S/C22H14ClN3O2S.C2H4O2/c1-13-6-2-3-7-15(13)20-24-22-26(25-20)21(27)19(29-22)12-14-10-11-18(28-14)16-8-4-5-9-17(16)23;1-2(3)4/h2-12H,1H3;1H3,(H,3,4). The van der Waals surface area contributed by atoms with Gasteiger partial charge < -0.3 is 9.52 Å². The maximum absolute atomic E-state index is 12.8. The molecule has 0 atom stereocenters. The summed E-state index contributed by atoms with van der Waals surface area (Å²) in [7, 11) is 0. The highest BCUT2D eigenvalue weighted by Gasteiger charge is 2.14. The van der Waals surface area contributed by atoms with Gasteiger partial charge in [-0.1, -0.05) is 59.3 Å². The number of nitrogens with zero attached hydrogens (tertiary/aromatic N) is 3. The maximum Gasteiger partial charge on any atom is 0.300 e. The number of benzene rings is 2. The molecule has 33 heavy (non-hydrogen) atoms. The molecule has 166 valence electrons. The van der Waals surface area contributed by atoms with Crippen LogP contribution < -0.4 is 10.1 Å². The SMILES string of the molecule is CC(=O)O.Cc1ccccc1-c1nc2sc(=Cc3ccc(-c4ccccc4Cl)o3)c(=O)n2n1. The van der Waals surface area contributed by atoms with Crippen LogP contribution in [0.1, 0.15) is 18.2 Å². The molecule has 0 aliphatic carbocycles. The Bertz CT molecular complexity index is 1560. The number of carboxylic acid groups (broad SMARTS) is 1. The number of hydrogen-bond donors (Lipinski definition) is 1. The van der Waals surface area contributed by atoms with Crippen LogP contribution in [0.15, 0.2) is 69.9 Å². The first kappa shape index (κ1) is 22.4. The number of fused-ring (bicyclic) bond motifs is 1. The fourth-order valence-electron chi connectivity index (χ4n) is 3.14. The van der Waals surface area contributed by atoms with Crippen molar-refractivity contribution in [3.8, 4) is 22.7 Å². The lowest BCUT2D eigenvalue weighted by molar-refractivity contribution is -0.134. The highest BCUT2D eigenvalue weighted by Crippen LogP contribution is 2.29. The van der Waals surface area contributed by atoms with Crippen molar-refractivity contribution in [3.05, 3.63) is 91.9 Å². The number of aliphatic carboxylic acids is 1. The molecule has 3 aromatic heterocycles. The minimum atomic E-state index is -0.833. The van der Waals surface area contributed by atoms with E-state index in [0.717, 1.165) is 23.6 Å². The molecule has 0 saturated carbocycles. The minimum absolute atomic E-state index is 0.215. The first-order valence-electron chi connectivity index (χ1n) is 9.85. The normalized spacial score (nSPS) is 11.4. The monoisotopic (exact) mass is 479 g/mol. The number of carboxylic acids is 1. The number of halogens is 1. The summed E-state index contributed by atoms with van der Waals surface area (Å²) < 4.78 is 7.72. The molecule has 5 rings (SSSR count). The van der Waals surface area contributed by atoms with E-state index in [1.807, 2.05) is 67.6 Å². The van der Waals surface area contributed by atoms with Crippen molar-refractivity contribution < 1.29 is 14.3 Å². The van der Waals surface area contributed by atoms with Gasteiger partial charge in [0.25, 0.3) is 11.5 Å². The number of aryl methyl sites for hydroxylation is 1. The van der Waals surface area contributed by atoms with Gasteiger partial charge in [0.2, 0.25) is 4.96 Å². The summed E-state index contributed by atoms with van der Waals surface area (Å²) in [4.78, 5) is 26.9. The van der Waals surface area contributed by atoms with Crippen molar-refractivity contribution in [2.75, 3.05) is 0 Å². The lowest BCUT2D eigenvalue weighted by Gasteiger charge is -1.98. The molecule has 0 aliphatic heterocycles. The number of hydrogen-bond acceptors (Lipinski definition) is 6. The van der Waals surface area contributed by atoms with Crippen LogP contribution in [0, 0.1) is 6.92 Å². The molecule has 0 spiro atoms. The quantitative estimate of drug-likeness (QED) is 0.403. The number of thiazole rings is 1. The number of rotatable bonds is 3.